The second-order valence-corrected chi connectivity index (χ2v) is 7.61. The average molecular weight is 414 g/mol. The van der Waals surface area contributed by atoms with Crippen LogP contribution in [0, 0.1) is 6.92 Å². The molecule has 0 bridgehead atoms. The van der Waals surface area contributed by atoms with E-state index < -0.39 is 16.0 Å². The van der Waals surface area contributed by atoms with E-state index in [4.69, 9.17) is 26.6 Å². The Morgan fingerprint density at radius 3 is 2.41 bits per heavy atom. The van der Waals surface area contributed by atoms with Crippen LogP contribution in [-0.2, 0) is 14.9 Å². The van der Waals surface area contributed by atoms with E-state index in [0.717, 1.165) is 24.8 Å². The van der Waals surface area contributed by atoms with E-state index in [1.54, 1.807) is 31.2 Å². The van der Waals surface area contributed by atoms with Crippen molar-refractivity contribution in [3.05, 3.63) is 52.7 Å². The third kappa shape index (κ3) is 6.17. The smallest absolute Gasteiger partial charge is 0.296 e. The van der Waals surface area contributed by atoms with Crippen LogP contribution in [0.15, 0.2) is 41.4 Å². The first-order chi connectivity index (χ1) is 12.7. The molecule has 0 radical (unpaired) electrons. The van der Waals surface area contributed by atoms with Gasteiger partial charge < -0.3 is 15.4 Å². The number of morpholine rings is 1. The minimum Gasteiger partial charge on any atom is -0.378 e. The summed E-state index contributed by atoms with van der Waals surface area (Å²) in [6, 6.07) is 7.90. The van der Waals surface area contributed by atoms with Crippen molar-refractivity contribution in [2.45, 2.75) is 11.8 Å². The van der Waals surface area contributed by atoms with Gasteiger partial charge in [-0.15, -0.1) is 0 Å². The van der Waals surface area contributed by atoms with Gasteiger partial charge in [-0.1, -0.05) is 11.6 Å². The minimum atomic E-state index is -4.16. The molecule has 2 aromatic rings. The zero-order valence-electron chi connectivity index (χ0n) is 14.6. The molecular weight excluding hydrogens is 394 g/mol. The van der Waals surface area contributed by atoms with Crippen LogP contribution in [0.25, 0.3) is 0 Å². The Hall–Kier alpha value is -2.20. The number of halogens is 1. The monoisotopic (exact) mass is 413 g/mol. The predicted octanol–water partition coefficient (Wildman–Crippen LogP) is 1.91. The molecule has 3 rings (SSSR count). The third-order valence-corrected chi connectivity index (χ3v) is 4.88. The Balaban J connectivity index is 0.000000208. The van der Waals surface area contributed by atoms with Gasteiger partial charge in [0, 0.05) is 23.7 Å². The van der Waals surface area contributed by atoms with Crippen LogP contribution in [-0.4, -0.2) is 50.2 Å². The van der Waals surface area contributed by atoms with Crippen molar-refractivity contribution < 1.29 is 22.5 Å². The minimum absolute atomic E-state index is 0.190. The standard InChI is InChI=1S/C9H12N2O4S.C8H8ClNO/c12-16(13,14)8-1-2-9(10-7-8)11-3-5-15-6-4-11;1-5-4-6(9)2-3-7(5)8(10)11/h1-2,7H,3-6H2,(H,12,13,14);2-4H,1H3,(H2,10,11). The molecular formula is C17H20ClN3O5S. The van der Waals surface area contributed by atoms with Crippen molar-refractivity contribution in [2.24, 2.45) is 5.73 Å². The largest absolute Gasteiger partial charge is 0.378 e. The van der Waals surface area contributed by atoms with Crippen LogP contribution in [0.1, 0.15) is 15.9 Å². The average Bonchev–Trinajstić information content (AvgIpc) is 2.62. The Bertz CT molecular complexity index is 897. The van der Waals surface area contributed by atoms with Gasteiger partial charge in [-0.25, -0.2) is 4.98 Å². The SMILES string of the molecule is Cc1cc(Cl)ccc1C(N)=O.O=S(=O)(O)c1ccc(N2CCOCC2)nc1. The molecule has 1 aromatic carbocycles. The number of hydrogen-bond donors (Lipinski definition) is 2. The van der Waals surface area contributed by atoms with E-state index in [-0.39, 0.29) is 4.90 Å². The maximum atomic E-state index is 10.8. The number of anilines is 1. The van der Waals surface area contributed by atoms with Crippen molar-refractivity contribution in [1.82, 2.24) is 4.98 Å². The molecule has 0 aliphatic carbocycles. The molecule has 0 saturated carbocycles. The summed E-state index contributed by atoms with van der Waals surface area (Å²) in [6.07, 6.45) is 1.15. The topological polar surface area (TPSA) is 123 Å². The van der Waals surface area contributed by atoms with Crippen LogP contribution in [0.4, 0.5) is 5.82 Å². The molecule has 27 heavy (non-hydrogen) atoms. The molecule has 1 aliphatic rings. The fraction of sp³-hybridized carbons (Fsp3) is 0.294. The van der Waals surface area contributed by atoms with Crippen LogP contribution >= 0.6 is 11.6 Å². The van der Waals surface area contributed by atoms with Crippen molar-refractivity contribution in [3.63, 3.8) is 0 Å². The highest BCUT2D eigenvalue weighted by atomic mass is 35.5. The van der Waals surface area contributed by atoms with Crippen LogP contribution < -0.4 is 10.6 Å². The molecule has 0 atom stereocenters. The normalized spacial score (nSPS) is 14.3. The maximum absolute atomic E-state index is 10.8. The van der Waals surface area contributed by atoms with Crippen molar-refractivity contribution in [1.29, 1.82) is 0 Å². The number of ether oxygens (including phenoxy) is 1. The molecule has 2 heterocycles. The fourth-order valence-corrected chi connectivity index (χ4v) is 3.06. The van der Waals surface area contributed by atoms with Gasteiger partial charge >= 0.3 is 0 Å². The second-order valence-electron chi connectivity index (χ2n) is 5.75. The Labute approximate surface area is 162 Å². The number of amides is 1. The predicted molar refractivity (Wildman–Crippen MR) is 102 cm³/mol. The van der Waals surface area contributed by atoms with E-state index in [2.05, 4.69) is 4.98 Å². The highest BCUT2D eigenvalue weighted by Crippen LogP contribution is 2.15. The van der Waals surface area contributed by atoms with E-state index in [1.807, 2.05) is 4.90 Å². The Morgan fingerprint density at radius 2 is 1.93 bits per heavy atom. The number of aromatic nitrogens is 1. The summed E-state index contributed by atoms with van der Waals surface area (Å²) in [5.41, 5.74) is 6.42. The Morgan fingerprint density at radius 1 is 1.26 bits per heavy atom. The summed E-state index contributed by atoms with van der Waals surface area (Å²) in [7, 11) is -4.16. The van der Waals surface area contributed by atoms with Crippen molar-refractivity contribution in [3.8, 4) is 0 Å². The second kappa shape index (κ2) is 9.14. The maximum Gasteiger partial charge on any atom is 0.296 e. The zero-order chi connectivity index (χ0) is 20.0. The summed E-state index contributed by atoms with van der Waals surface area (Å²) in [6.45, 7) is 4.55. The number of rotatable bonds is 3. The molecule has 10 heteroatoms. The molecule has 3 N–H and O–H groups in total. The first-order valence-electron chi connectivity index (χ1n) is 8.00. The van der Waals surface area contributed by atoms with Crippen LogP contribution in [0.3, 0.4) is 0 Å². The van der Waals surface area contributed by atoms with Crippen LogP contribution in [0.5, 0.6) is 0 Å². The number of carbonyl (C=O) groups is 1. The summed E-state index contributed by atoms with van der Waals surface area (Å²) in [5, 5.41) is 0.618. The van der Waals surface area contributed by atoms with E-state index >= 15 is 0 Å². The molecule has 1 amide bonds. The van der Waals surface area contributed by atoms with E-state index in [9.17, 15) is 13.2 Å². The number of carbonyl (C=O) groups excluding carboxylic acids is 1. The summed E-state index contributed by atoms with van der Waals surface area (Å²) >= 11 is 5.67. The fourth-order valence-electron chi connectivity index (χ4n) is 2.41. The highest BCUT2D eigenvalue weighted by molar-refractivity contribution is 7.85. The molecule has 1 aliphatic heterocycles. The molecule has 0 unspecified atom stereocenters. The summed E-state index contributed by atoms with van der Waals surface area (Å²) in [4.78, 5) is 16.5. The number of hydrogen-bond acceptors (Lipinski definition) is 6. The molecule has 1 aromatic heterocycles. The molecule has 1 fully saturated rings. The lowest BCUT2D eigenvalue weighted by Gasteiger charge is -2.27. The first-order valence-corrected chi connectivity index (χ1v) is 9.82. The van der Waals surface area contributed by atoms with Crippen LogP contribution in [0.2, 0.25) is 5.02 Å². The quantitative estimate of drug-likeness (QED) is 0.736. The third-order valence-electron chi connectivity index (χ3n) is 3.81. The van der Waals surface area contributed by atoms with E-state index in [1.165, 1.54) is 6.07 Å². The lowest BCUT2D eigenvalue weighted by Crippen LogP contribution is -2.36. The molecule has 146 valence electrons. The number of nitrogens with two attached hydrogens (primary N) is 1. The number of primary amides is 1. The van der Waals surface area contributed by atoms with Crippen molar-refractivity contribution in [2.75, 3.05) is 31.2 Å². The van der Waals surface area contributed by atoms with Gasteiger partial charge in [0.05, 0.1) is 19.4 Å². The molecule has 0 spiro atoms. The number of benzene rings is 1. The van der Waals surface area contributed by atoms with Gasteiger partial charge in [-0.05, 0) is 42.8 Å². The van der Waals surface area contributed by atoms with Gasteiger partial charge in [-0.2, -0.15) is 8.42 Å². The molecule has 8 nitrogen and oxygen atoms in total. The number of aryl methyl sites for hydroxylation is 1. The zero-order valence-corrected chi connectivity index (χ0v) is 16.2. The van der Waals surface area contributed by atoms with Crippen molar-refractivity contribution >= 4 is 33.4 Å². The highest BCUT2D eigenvalue weighted by Gasteiger charge is 2.14. The summed E-state index contributed by atoms with van der Waals surface area (Å²) in [5.74, 6) is 0.273. The lowest BCUT2D eigenvalue weighted by atomic mass is 10.1. The van der Waals surface area contributed by atoms with Gasteiger partial charge in [0.15, 0.2) is 0 Å². The van der Waals surface area contributed by atoms with E-state index in [0.29, 0.717) is 29.6 Å². The number of nitrogens with zero attached hydrogens (tertiary/aromatic N) is 2. The lowest BCUT2D eigenvalue weighted by molar-refractivity contribution is 0.0999. The van der Waals surface area contributed by atoms with Gasteiger partial charge in [-0.3, -0.25) is 9.35 Å². The Kier molecular flexibility index (Phi) is 7.14. The molecule has 1 saturated heterocycles. The van der Waals surface area contributed by atoms with Gasteiger partial charge in [0.1, 0.15) is 10.7 Å². The summed E-state index contributed by atoms with van der Waals surface area (Å²) < 4.78 is 35.6. The van der Waals surface area contributed by atoms with Gasteiger partial charge in [0.2, 0.25) is 5.91 Å². The van der Waals surface area contributed by atoms with Gasteiger partial charge in [0.25, 0.3) is 10.1 Å². The first kappa shape index (κ1) is 21.1. The number of pyridine rings is 1.